The molecule has 0 radical (unpaired) electrons. The summed E-state index contributed by atoms with van der Waals surface area (Å²) >= 11 is 5.98. The Bertz CT molecular complexity index is 1100. The summed E-state index contributed by atoms with van der Waals surface area (Å²) in [5.74, 6) is 0.407. The van der Waals surface area contributed by atoms with Gasteiger partial charge in [0, 0.05) is 15.8 Å². The average molecular weight is 449 g/mol. The zero-order chi connectivity index (χ0) is 19.8. The standard InChI is InChI=1S/C26H25BrS/c1-14-12-20-19(13-22-23(25(20)27)15(2)16(3)28-22)24(14)26(4,5)21-11-10-17-8-6-7-9-18(17)21/h6-13,21-22H,1-5H3. The molecule has 5 rings (SSSR count). The van der Waals surface area contributed by atoms with Crippen molar-refractivity contribution in [1.29, 1.82) is 0 Å². The van der Waals surface area contributed by atoms with E-state index in [2.05, 4.69) is 99.1 Å². The van der Waals surface area contributed by atoms with Gasteiger partial charge in [-0.05, 0) is 92.2 Å². The van der Waals surface area contributed by atoms with Crippen molar-refractivity contribution < 1.29 is 0 Å². The molecule has 0 amide bonds. The Morgan fingerprint density at radius 1 is 1.04 bits per heavy atom. The molecule has 2 atom stereocenters. The van der Waals surface area contributed by atoms with Crippen LogP contribution in [0, 0.1) is 5.41 Å². The molecule has 0 spiro atoms. The van der Waals surface area contributed by atoms with Crippen LogP contribution in [0.25, 0.3) is 6.08 Å². The molecule has 0 bridgehead atoms. The third-order valence-corrected chi connectivity index (χ3v) is 8.99. The van der Waals surface area contributed by atoms with Gasteiger partial charge in [-0.1, -0.05) is 56.3 Å². The Labute approximate surface area is 181 Å². The molecule has 3 aliphatic carbocycles. The normalized spacial score (nSPS) is 25.9. The number of hydrogen-bond acceptors (Lipinski definition) is 1. The fourth-order valence-corrected chi connectivity index (χ4v) is 7.71. The molecule has 0 nitrogen and oxygen atoms in total. The SMILES string of the molecule is CC1=C(C(C)(C)C2C=Cc3ccccc32)C2=CC3SC(C)=C(C)C3=C(Br)C2=C1. The summed E-state index contributed by atoms with van der Waals surface area (Å²) in [4.78, 5) is 1.45. The second kappa shape index (κ2) is 6.24. The van der Waals surface area contributed by atoms with Crippen molar-refractivity contribution in [1.82, 2.24) is 0 Å². The first kappa shape index (κ1) is 18.5. The largest absolute Gasteiger partial charge is 0.118 e. The lowest BCUT2D eigenvalue weighted by Gasteiger charge is -2.37. The number of benzene rings is 1. The third-order valence-electron chi connectivity index (χ3n) is 6.85. The van der Waals surface area contributed by atoms with E-state index < -0.39 is 0 Å². The second-order valence-corrected chi connectivity index (χ2v) is 11.0. The molecule has 1 aromatic carbocycles. The number of allylic oxidation sites excluding steroid dienone is 9. The summed E-state index contributed by atoms with van der Waals surface area (Å²) in [5.41, 5.74) is 11.5. The molecule has 2 heteroatoms. The molecule has 2 unspecified atom stereocenters. The van der Waals surface area contributed by atoms with Gasteiger partial charge in [0.15, 0.2) is 0 Å². The molecule has 1 aromatic rings. The van der Waals surface area contributed by atoms with Crippen molar-refractivity contribution in [2.75, 3.05) is 0 Å². The molecular weight excluding hydrogens is 424 g/mol. The highest BCUT2D eigenvalue weighted by molar-refractivity contribution is 9.12. The van der Waals surface area contributed by atoms with Crippen molar-refractivity contribution in [3.8, 4) is 0 Å². The minimum absolute atomic E-state index is 0.0306. The maximum atomic E-state index is 3.98. The van der Waals surface area contributed by atoms with Gasteiger partial charge in [0.2, 0.25) is 0 Å². The van der Waals surface area contributed by atoms with Crippen molar-refractivity contribution >= 4 is 33.8 Å². The van der Waals surface area contributed by atoms with Gasteiger partial charge < -0.3 is 0 Å². The van der Waals surface area contributed by atoms with E-state index in [9.17, 15) is 0 Å². The highest BCUT2D eigenvalue weighted by Crippen LogP contribution is 2.58. The second-order valence-electron chi connectivity index (χ2n) is 8.83. The Balaban J connectivity index is 1.59. The van der Waals surface area contributed by atoms with Gasteiger partial charge in [-0.3, -0.25) is 0 Å². The summed E-state index contributed by atoms with van der Waals surface area (Å²) in [6.45, 7) is 11.6. The van der Waals surface area contributed by atoms with E-state index in [-0.39, 0.29) is 5.41 Å². The van der Waals surface area contributed by atoms with Gasteiger partial charge in [0.1, 0.15) is 0 Å². The summed E-state index contributed by atoms with van der Waals surface area (Å²) in [7, 11) is 0. The summed E-state index contributed by atoms with van der Waals surface area (Å²) in [5, 5.41) is 0.435. The molecule has 0 N–H and O–H groups in total. The van der Waals surface area contributed by atoms with Gasteiger partial charge in [-0.2, -0.15) is 0 Å². The van der Waals surface area contributed by atoms with E-state index in [4.69, 9.17) is 0 Å². The van der Waals surface area contributed by atoms with Crippen LogP contribution in [-0.4, -0.2) is 5.25 Å². The lowest BCUT2D eigenvalue weighted by Crippen LogP contribution is -2.25. The van der Waals surface area contributed by atoms with Crippen LogP contribution in [0.3, 0.4) is 0 Å². The number of halogens is 1. The smallest absolute Gasteiger partial charge is 0.0544 e. The number of thioether (sulfide) groups is 1. The van der Waals surface area contributed by atoms with Crippen LogP contribution in [0.15, 0.2) is 85.3 Å². The topological polar surface area (TPSA) is 0 Å². The first-order chi connectivity index (χ1) is 13.3. The molecular formula is C26H25BrS. The third kappa shape index (κ3) is 2.44. The molecule has 28 heavy (non-hydrogen) atoms. The highest BCUT2D eigenvalue weighted by atomic mass is 79.9. The van der Waals surface area contributed by atoms with E-state index in [1.807, 2.05) is 11.8 Å². The first-order valence-electron chi connectivity index (χ1n) is 9.98. The maximum absolute atomic E-state index is 3.98. The van der Waals surface area contributed by atoms with E-state index >= 15 is 0 Å². The molecule has 1 aliphatic heterocycles. The number of rotatable bonds is 2. The van der Waals surface area contributed by atoms with Gasteiger partial charge in [0.25, 0.3) is 0 Å². The molecule has 0 aromatic heterocycles. The lowest BCUT2D eigenvalue weighted by molar-refractivity contribution is 0.405. The Morgan fingerprint density at radius 3 is 2.57 bits per heavy atom. The molecule has 1 heterocycles. The highest BCUT2D eigenvalue weighted by Gasteiger charge is 2.43. The zero-order valence-electron chi connectivity index (χ0n) is 17.1. The monoisotopic (exact) mass is 448 g/mol. The quantitative estimate of drug-likeness (QED) is 0.440. The Kier molecular flexibility index (Phi) is 4.13. The fraction of sp³-hybridized carbons (Fsp3) is 0.308. The van der Waals surface area contributed by atoms with Crippen LogP contribution in [-0.2, 0) is 0 Å². The number of hydrogen-bond donors (Lipinski definition) is 0. The average Bonchev–Trinajstić information content (AvgIpc) is 3.30. The minimum Gasteiger partial charge on any atom is -0.118 e. The fourth-order valence-electron chi connectivity index (χ4n) is 5.40. The van der Waals surface area contributed by atoms with Crippen LogP contribution >= 0.6 is 27.7 Å². The minimum atomic E-state index is 0.0306. The molecule has 0 fully saturated rings. The Morgan fingerprint density at radius 2 is 1.79 bits per heavy atom. The lowest BCUT2D eigenvalue weighted by atomic mass is 9.67. The van der Waals surface area contributed by atoms with Gasteiger partial charge in [0.05, 0.1) is 5.25 Å². The van der Waals surface area contributed by atoms with E-state index in [1.165, 1.54) is 54.0 Å². The maximum Gasteiger partial charge on any atom is 0.0544 e. The van der Waals surface area contributed by atoms with Crippen molar-refractivity contribution in [3.63, 3.8) is 0 Å². The molecule has 4 aliphatic rings. The van der Waals surface area contributed by atoms with E-state index in [0.717, 1.165) is 0 Å². The van der Waals surface area contributed by atoms with Gasteiger partial charge in [-0.15, -0.1) is 11.8 Å². The van der Waals surface area contributed by atoms with Gasteiger partial charge in [-0.25, -0.2) is 0 Å². The summed E-state index contributed by atoms with van der Waals surface area (Å²) < 4.78 is 1.30. The Hall–Kier alpha value is -1.51. The predicted molar refractivity (Wildman–Crippen MR) is 127 cm³/mol. The zero-order valence-corrected chi connectivity index (χ0v) is 19.5. The van der Waals surface area contributed by atoms with E-state index in [0.29, 0.717) is 11.2 Å². The van der Waals surface area contributed by atoms with Crippen molar-refractivity contribution in [2.24, 2.45) is 5.41 Å². The molecule has 142 valence electrons. The van der Waals surface area contributed by atoms with Crippen LogP contribution in [0.1, 0.15) is 51.7 Å². The predicted octanol–water partition coefficient (Wildman–Crippen LogP) is 8.08. The summed E-state index contributed by atoms with van der Waals surface area (Å²) in [6, 6.07) is 8.85. The molecule has 0 saturated heterocycles. The van der Waals surface area contributed by atoms with Crippen LogP contribution < -0.4 is 0 Å². The van der Waals surface area contributed by atoms with Crippen LogP contribution in [0.2, 0.25) is 0 Å². The van der Waals surface area contributed by atoms with Crippen LogP contribution in [0.5, 0.6) is 0 Å². The number of fused-ring (bicyclic) bond motifs is 3. The van der Waals surface area contributed by atoms with Gasteiger partial charge >= 0.3 is 0 Å². The summed E-state index contributed by atoms with van der Waals surface area (Å²) in [6.07, 6.45) is 9.62. The van der Waals surface area contributed by atoms with Crippen molar-refractivity contribution in [3.05, 3.63) is 96.4 Å². The van der Waals surface area contributed by atoms with E-state index in [1.54, 1.807) is 0 Å². The van der Waals surface area contributed by atoms with Crippen molar-refractivity contribution in [2.45, 2.75) is 45.8 Å². The molecule has 0 saturated carbocycles. The van der Waals surface area contributed by atoms with Crippen LogP contribution in [0.4, 0.5) is 0 Å². The first-order valence-corrected chi connectivity index (χ1v) is 11.6.